The third kappa shape index (κ3) is 3.71. The van der Waals surface area contributed by atoms with Crippen LogP contribution in [-0.2, 0) is 0 Å². The molecule has 0 aliphatic heterocycles. The van der Waals surface area contributed by atoms with E-state index < -0.39 is 5.97 Å². The average molecular weight is 509 g/mol. The first-order valence-electron chi connectivity index (χ1n) is 15.9. The summed E-state index contributed by atoms with van der Waals surface area (Å²) in [7, 11) is 0. The molecule has 4 rings (SSSR count). The fourth-order valence-electron chi connectivity index (χ4n) is 3.98. The zero-order chi connectivity index (χ0) is 34.9. The van der Waals surface area contributed by atoms with Crippen molar-refractivity contribution in [1.82, 2.24) is 14.8 Å². The third-order valence-electron chi connectivity index (χ3n) is 6.03. The molecule has 0 saturated carbocycles. The molecule has 0 aliphatic carbocycles. The number of phenolic OH excluding ortho intramolecular Hbond substituents is 2. The second-order valence-electron chi connectivity index (χ2n) is 8.17. The maximum atomic E-state index is 11.5. The van der Waals surface area contributed by atoms with Crippen molar-refractivity contribution in [2.75, 3.05) is 0 Å². The van der Waals surface area contributed by atoms with E-state index in [1.807, 2.05) is 26.8 Å². The summed E-state index contributed by atoms with van der Waals surface area (Å²) in [6.45, 7) is 9.04. The highest BCUT2D eigenvalue weighted by Crippen LogP contribution is 2.38. The van der Waals surface area contributed by atoms with Crippen LogP contribution < -0.4 is 0 Å². The first-order valence-corrected chi connectivity index (χ1v) is 10.4. The van der Waals surface area contributed by atoms with Crippen molar-refractivity contribution >= 4 is 5.97 Å². The summed E-state index contributed by atoms with van der Waals surface area (Å²) in [5.74, 6) is -0.701. The van der Waals surface area contributed by atoms with Crippen molar-refractivity contribution in [3.05, 3.63) is 75.8 Å². The number of hydrogen-bond acceptors (Lipinski definition) is 5. The molecule has 1 aromatic heterocycles. The molecule has 3 N–H and O–H groups in total. The summed E-state index contributed by atoms with van der Waals surface area (Å²) < 4.78 is 59.9. The minimum Gasteiger partial charge on any atom is -0.507 e. The normalized spacial score (nSPS) is 12.7. The standard InChI is InChI=1S/C26H25N3O4.27H2/c1-13-7-6-8-20(30)22(13)24-27-25(23-17(5)16(4)14(2)12-21(23)31)29(28-24)18-9-10-19(26(32)33)15(3)11-18;;;;;;;;;;;;;;;;;;;;;;;;;;;/h6-12,30-31H,1-5H3,(H,32,33);27*1H/i12D;5*1+1D;;;;;;;;;;;;;;;;;;;;;;. The van der Waals surface area contributed by atoms with Gasteiger partial charge in [-0.25, -0.2) is 14.5 Å². The molecular weight excluding hydrogens is 418 g/mol. The molecule has 3 aromatic carbocycles. The number of aromatic hydroxyl groups is 2. The molecule has 0 amide bonds. The maximum Gasteiger partial charge on any atom is 0.335 e. The SMILES string of the molecule is [2H][2H].[2H][2H].[2H][2H].[2H][2H].[2H][2H].[2H]c1c(C)c(C)c(C)c(-c2nc(-c3c(C)cccc3O)nn2-c2ccc(C(=O)O)c(C)c2)c1O.[HH].[HH].[HH].[HH].[HH].[HH].[HH].[HH].[HH].[HH].[HH].[HH].[HH].[HH].[HH].[HH].[HH].[HH].[HH].[HH].[HH].[HH]. The number of rotatable bonds is 4. The molecule has 33 heavy (non-hydrogen) atoms. The molecule has 0 radical (unpaired) electrons. The Morgan fingerprint density at radius 3 is 2.36 bits per heavy atom. The molecule has 0 spiro atoms. The first-order chi connectivity index (χ1) is 21.0. The van der Waals surface area contributed by atoms with Crippen molar-refractivity contribution in [3.8, 4) is 40.0 Å². The monoisotopic (exact) mass is 509 g/mol. The number of nitrogens with zero attached hydrogens (tertiary/aromatic N) is 3. The van der Waals surface area contributed by atoms with E-state index in [1.54, 1.807) is 38.1 Å². The lowest BCUT2D eigenvalue weighted by molar-refractivity contribution is 0.0696. The third-order valence-corrected chi connectivity index (χ3v) is 6.03. The highest BCUT2D eigenvalue weighted by Gasteiger charge is 2.23. The molecule has 1 heterocycles. The zero-order valence-corrected chi connectivity index (χ0v) is 19.1. The summed E-state index contributed by atoms with van der Waals surface area (Å²) in [4.78, 5) is 16.2. The summed E-state index contributed by atoms with van der Waals surface area (Å²) >= 11 is 0. The minimum absolute atomic E-state index is 0. The number of carboxylic acids is 1. The van der Waals surface area contributed by atoms with Crippen LogP contribution in [0.3, 0.4) is 0 Å². The molecule has 0 atom stereocenters. The largest absolute Gasteiger partial charge is 0.507 e. The highest BCUT2D eigenvalue weighted by atomic mass is 16.4. The van der Waals surface area contributed by atoms with Gasteiger partial charge >= 0.3 is 5.97 Å². The van der Waals surface area contributed by atoms with Gasteiger partial charge in [-0.2, -0.15) is 0 Å². The van der Waals surface area contributed by atoms with E-state index in [-0.39, 0.29) is 66.1 Å². The Hall–Kier alpha value is -4.13. The Kier molecular flexibility index (Phi) is 3.83. The van der Waals surface area contributed by atoms with Crippen molar-refractivity contribution in [2.24, 2.45) is 0 Å². The predicted octanol–water partition coefficient (Wildman–Crippen LogP) is 11.9. The lowest BCUT2D eigenvalue weighted by atomic mass is 9.97. The van der Waals surface area contributed by atoms with Gasteiger partial charge in [-0.05, 0) is 92.7 Å². The highest BCUT2D eigenvalue weighted by molar-refractivity contribution is 5.89. The smallest absolute Gasteiger partial charge is 0.335 e. The van der Waals surface area contributed by atoms with E-state index in [0.717, 1.165) is 16.7 Å². The Labute approximate surface area is 241 Å². The van der Waals surface area contributed by atoms with Gasteiger partial charge in [0.15, 0.2) is 11.6 Å². The molecule has 0 bridgehead atoms. The van der Waals surface area contributed by atoms with Gasteiger partial charge in [0, 0.05) is 46.2 Å². The lowest BCUT2D eigenvalue weighted by Gasteiger charge is -2.14. The topological polar surface area (TPSA) is 108 Å². The molecule has 0 saturated heterocycles. The number of hydrogen-bond donors (Lipinski definition) is 3. The van der Waals surface area contributed by atoms with Crippen LogP contribution in [0, 0.1) is 34.6 Å². The van der Waals surface area contributed by atoms with Gasteiger partial charge in [0.2, 0.25) is 0 Å². The van der Waals surface area contributed by atoms with Gasteiger partial charge in [-0.3, -0.25) is 0 Å². The Morgan fingerprint density at radius 2 is 1.73 bits per heavy atom. The van der Waals surface area contributed by atoms with Crippen molar-refractivity contribution < 1.29 is 67.7 Å². The minimum atomic E-state index is -1.03. The molecule has 0 aliphatic rings. The number of aromatic carboxylic acids is 1. The number of carboxylic acid groups (broad SMARTS) is 1. The first kappa shape index (κ1) is 15.6. The summed E-state index contributed by atoms with van der Waals surface area (Å²) in [5.41, 5.74) is 5.09. The molecule has 7 nitrogen and oxygen atoms in total. The molecule has 0 fully saturated rings. The summed E-state index contributed by atoms with van der Waals surface area (Å²) in [6.07, 6.45) is 0. The number of aryl methyl sites for hydroxylation is 2. The van der Waals surface area contributed by atoms with Gasteiger partial charge in [0.25, 0.3) is 0 Å². The Morgan fingerprint density at radius 1 is 1.00 bits per heavy atom. The van der Waals surface area contributed by atoms with Crippen molar-refractivity contribution in [2.45, 2.75) is 34.6 Å². The van der Waals surface area contributed by atoms with Crippen LogP contribution >= 0.6 is 0 Å². The number of benzene rings is 3. The van der Waals surface area contributed by atoms with Crippen LogP contribution in [0.2, 0.25) is 0 Å². The van der Waals surface area contributed by atoms with E-state index in [0.29, 0.717) is 27.9 Å². The Bertz CT molecular complexity index is 1480. The van der Waals surface area contributed by atoms with E-state index in [4.69, 9.17) is 21.2 Å². The fraction of sp³-hybridized carbons (Fsp3) is 0.192. The Balaban J connectivity index is -0.0000000236. The zero-order valence-electron chi connectivity index (χ0n) is 30.1. The van der Waals surface area contributed by atoms with Crippen LogP contribution in [0.4, 0.5) is 0 Å². The average Bonchev–Trinajstić information content (AvgIpc) is 3.48. The summed E-state index contributed by atoms with van der Waals surface area (Å²) in [6, 6.07) is 9.91. The molecule has 222 valence electrons. The van der Waals surface area contributed by atoms with E-state index >= 15 is 0 Å². The fourth-order valence-corrected chi connectivity index (χ4v) is 3.98. The van der Waals surface area contributed by atoms with Crippen molar-refractivity contribution in [3.63, 3.8) is 0 Å². The van der Waals surface area contributed by atoms with Crippen molar-refractivity contribution in [1.29, 1.82) is 0 Å². The van der Waals surface area contributed by atoms with Crippen LogP contribution in [0.25, 0.3) is 28.5 Å². The number of carbonyl (C=O) groups is 1. The summed E-state index contributed by atoms with van der Waals surface area (Å²) in [5, 5.41) is 35.6. The quantitative estimate of drug-likeness (QED) is 0.253. The number of aromatic nitrogens is 3. The van der Waals surface area contributed by atoms with Gasteiger partial charge in [0.1, 0.15) is 11.5 Å². The van der Waals surface area contributed by atoms with E-state index in [1.165, 1.54) is 10.7 Å². The van der Waals surface area contributed by atoms with Gasteiger partial charge < -0.3 is 15.3 Å². The second-order valence-corrected chi connectivity index (χ2v) is 8.17. The maximum absolute atomic E-state index is 11.5. The van der Waals surface area contributed by atoms with Gasteiger partial charge in [0.05, 0.1) is 23.7 Å². The van der Waals surface area contributed by atoms with E-state index in [2.05, 4.69) is 5.10 Å². The lowest BCUT2D eigenvalue weighted by Crippen LogP contribution is -2.05. The van der Waals surface area contributed by atoms with Gasteiger partial charge in [-0.1, -0.05) is 12.1 Å². The van der Waals surface area contributed by atoms with Crippen LogP contribution in [0.5, 0.6) is 11.5 Å². The molecule has 0 unspecified atom stereocenters. The van der Waals surface area contributed by atoms with Crippen LogP contribution in [0.15, 0.2) is 42.4 Å². The van der Waals surface area contributed by atoms with Crippen LogP contribution in [-0.4, -0.2) is 36.1 Å². The predicted molar refractivity (Wildman–Crippen MR) is 183 cm³/mol. The molecule has 4 aromatic rings. The molecular formula is C26H79N3O4. The second kappa shape index (κ2) is 8.09. The van der Waals surface area contributed by atoms with E-state index in [9.17, 15) is 20.1 Å². The number of phenols is 2. The molecule has 7 heteroatoms. The van der Waals surface area contributed by atoms with Crippen LogP contribution in [0.1, 0.15) is 85.8 Å². The van der Waals surface area contributed by atoms with Gasteiger partial charge in [-0.15, -0.1) is 5.10 Å².